The second kappa shape index (κ2) is 6.21. The SMILES string of the molecule is O=C(NCC(O)c1ccc(OC(F)(F)F)cc1)NC1CC1. The van der Waals surface area contributed by atoms with Crippen LogP contribution in [0.3, 0.4) is 0 Å². The number of halogens is 3. The lowest BCUT2D eigenvalue weighted by atomic mass is 10.1. The van der Waals surface area contributed by atoms with Crippen LogP contribution in [0.2, 0.25) is 0 Å². The molecular formula is C13H15F3N2O3. The van der Waals surface area contributed by atoms with Gasteiger partial charge in [-0.15, -0.1) is 13.2 Å². The second-order valence-corrected chi connectivity index (χ2v) is 4.76. The van der Waals surface area contributed by atoms with Gasteiger partial charge in [-0.25, -0.2) is 4.79 Å². The Labute approximate surface area is 119 Å². The number of hydrogen-bond acceptors (Lipinski definition) is 3. The topological polar surface area (TPSA) is 70.6 Å². The molecule has 116 valence electrons. The zero-order valence-corrected chi connectivity index (χ0v) is 11.0. The minimum atomic E-state index is -4.75. The number of amides is 2. The van der Waals surface area contributed by atoms with Crippen LogP contribution in [-0.2, 0) is 0 Å². The number of hydrogen-bond donors (Lipinski definition) is 3. The fourth-order valence-corrected chi connectivity index (χ4v) is 1.66. The predicted molar refractivity (Wildman–Crippen MR) is 67.6 cm³/mol. The summed E-state index contributed by atoms with van der Waals surface area (Å²) in [5, 5.41) is 15.0. The summed E-state index contributed by atoms with van der Waals surface area (Å²) < 4.78 is 39.7. The molecule has 2 rings (SSSR count). The molecule has 2 amide bonds. The third-order valence-electron chi connectivity index (χ3n) is 2.87. The average Bonchev–Trinajstić information content (AvgIpc) is 3.19. The number of urea groups is 1. The van der Waals surface area contributed by atoms with Crippen molar-refractivity contribution in [1.29, 1.82) is 0 Å². The third kappa shape index (κ3) is 5.50. The summed E-state index contributed by atoms with van der Waals surface area (Å²) in [4.78, 5) is 11.4. The zero-order valence-electron chi connectivity index (χ0n) is 11.0. The van der Waals surface area contributed by atoms with Gasteiger partial charge in [0.15, 0.2) is 0 Å². The highest BCUT2D eigenvalue weighted by Gasteiger charge is 2.31. The van der Waals surface area contributed by atoms with Crippen molar-refractivity contribution in [3.63, 3.8) is 0 Å². The molecule has 1 aliphatic rings. The summed E-state index contributed by atoms with van der Waals surface area (Å²) in [6.45, 7) is -0.0297. The van der Waals surface area contributed by atoms with E-state index in [1.165, 1.54) is 12.1 Å². The molecule has 21 heavy (non-hydrogen) atoms. The molecule has 1 aromatic rings. The van der Waals surface area contributed by atoms with E-state index in [1.54, 1.807) is 0 Å². The van der Waals surface area contributed by atoms with Crippen molar-refractivity contribution in [3.05, 3.63) is 29.8 Å². The highest BCUT2D eigenvalue weighted by atomic mass is 19.4. The summed E-state index contributed by atoms with van der Waals surface area (Å²) in [5.74, 6) is -0.363. The summed E-state index contributed by atoms with van der Waals surface area (Å²) in [7, 11) is 0. The number of aliphatic hydroxyl groups is 1. The minimum Gasteiger partial charge on any atom is -0.406 e. The van der Waals surface area contributed by atoms with Gasteiger partial charge in [-0.2, -0.15) is 0 Å². The number of rotatable bonds is 5. The van der Waals surface area contributed by atoms with Crippen LogP contribution in [0, 0.1) is 0 Å². The highest BCUT2D eigenvalue weighted by Crippen LogP contribution is 2.24. The maximum atomic E-state index is 12.0. The Morgan fingerprint density at radius 1 is 1.33 bits per heavy atom. The molecule has 1 fully saturated rings. The molecule has 1 atom stereocenters. The molecule has 0 aromatic heterocycles. The predicted octanol–water partition coefficient (Wildman–Crippen LogP) is 2.08. The average molecular weight is 304 g/mol. The van der Waals surface area contributed by atoms with Crippen LogP contribution in [0.4, 0.5) is 18.0 Å². The van der Waals surface area contributed by atoms with Gasteiger partial charge in [-0.1, -0.05) is 12.1 Å². The fourth-order valence-electron chi connectivity index (χ4n) is 1.66. The number of ether oxygens (including phenoxy) is 1. The van der Waals surface area contributed by atoms with E-state index in [0.29, 0.717) is 5.56 Å². The van der Waals surface area contributed by atoms with Gasteiger partial charge in [0.2, 0.25) is 0 Å². The van der Waals surface area contributed by atoms with Crippen LogP contribution in [0.5, 0.6) is 5.75 Å². The molecule has 1 unspecified atom stereocenters. The van der Waals surface area contributed by atoms with Crippen molar-refractivity contribution in [2.24, 2.45) is 0 Å². The van der Waals surface area contributed by atoms with Crippen LogP contribution in [0.25, 0.3) is 0 Å². The van der Waals surface area contributed by atoms with E-state index >= 15 is 0 Å². The first-order valence-electron chi connectivity index (χ1n) is 6.41. The standard InChI is InChI=1S/C13H15F3N2O3/c14-13(15,16)21-10-5-1-8(2-6-10)11(19)7-17-12(20)18-9-3-4-9/h1-2,5-6,9,11,19H,3-4,7H2,(H2,17,18,20). The summed E-state index contributed by atoms with van der Waals surface area (Å²) >= 11 is 0. The van der Waals surface area contributed by atoms with Gasteiger partial charge in [0, 0.05) is 12.6 Å². The van der Waals surface area contributed by atoms with E-state index in [1.807, 2.05) is 0 Å². The van der Waals surface area contributed by atoms with Gasteiger partial charge < -0.3 is 20.5 Å². The number of aliphatic hydroxyl groups excluding tert-OH is 1. The molecule has 8 heteroatoms. The molecule has 0 bridgehead atoms. The van der Waals surface area contributed by atoms with E-state index in [-0.39, 0.29) is 24.4 Å². The van der Waals surface area contributed by atoms with Crippen molar-refractivity contribution in [3.8, 4) is 5.75 Å². The third-order valence-corrected chi connectivity index (χ3v) is 2.87. The molecule has 0 aliphatic heterocycles. The fraction of sp³-hybridized carbons (Fsp3) is 0.462. The molecule has 0 spiro atoms. The van der Waals surface area contributed by atoms with Gasteiger partial charge in [-0.05, 0) is 30.5 Å². The smallest absolute Gasteiger partial charge is 0.406 e. The molecule has 3 N–H and O–H groups in total. The number of benzene rings is 1. The molecule has 1 aromatic carbocycles. The van der Waals surface area contributed by atoms with Crippen LogP contribution in [-0.4, -0.2) is 30.1 Å². The van der Waals surface area contributed by atoms with Crippen molar-refractivity contribution in [2.45, 2.75) is 31.3 Å². The zero-order chi connectivity index (χ0) is 15.5. The van der Waals surface area contributed by atoms with Crippen molar-refractivity contribution >= 4 is 6.03 Å². The van der Waals surface area contributed by atoms with Crippen LogP contribution < -0.4 is 15.4 Å². The number of carbonyl (C=O) groups excluding carboxylic acids is 1. The number of nitrogens with one attached hydrogen (secondary N) is 2. The van der Waals surface area contributed by atoms with E-state index in [2.05, 4.69) is 15.4 Å². The van der Waals surface area contributed by atoms with Gasteiger partial charge in [-0.3, -0.25) is 0 Å². The molecule has 5 nitrogen and oxygen atoms in total. The second-order valence-electron chi connectivity index (χ2n) is 4.76. The molecule has 1 saturated carbocycles. The Morgan fingerprint density at radius 3 is 2.48 bits per heavy atom. The lowest BCUT2D eigenvalue weighted by molar-refractivity contribution is -0.274. The van der Waals surface area contributed by atoms with Crippen LogP contribution in [0.15, 0.2) is 24.3 Å². The van der Waals surface area contributed by atoms with E-state index < -0.39 is 12.5 Å². The Morgan fingerprint density at radius 2 is 1.95 bits per heavy atom. The molecule has 0 heterocycles. The molecule has 0 radical (unpaired) electrons. The van der Waals surface area contributed by atoms with Crippen molar-refractivity contribution < 1.29 is 27.8 Å². The van der Waals surface area contributed by atoms with Gasteiger partial charge in [0.05, 0.1) is 6.10 Å². The van der Waals surface area contributed by atoms with E-state index in [4.69, 9.17) is 0 Å². The van der Waals surface area contributed by atoms with Crippen LogP contribution in [0.1, 0.15) is 24.5 Å². The lowest BCUT2D eigenvalue weighted by Gasteiger charge is -2.14. The first-order chi connectivity index (χ1) is 9.83. The first kappa shape index (κ1) is 15.4. The summed E-state index contributed by atoms with van der Waals surface area (Å²) in [5.41, 5.74) is 0.385. The largest absolute Gasteiger partial charge is 0.573 e. The quantitative estimate of drug-likeness (QED) is 0.780. The first-order valence-corrected chi connectivity index (χ1v) is 6.41. The molecule has 1 aliphatic carbocycles. The summed E-state index contributed by atoms with van der Waals surface area (Å²) in [6.07, 6.45) is -3.84. The number of alkyl halides is 3. The lowest BCUT2D eigenvalue weighted by Crippen LogP contribution is -2.38. The van der Waals surface area contributed by atoms with E-state index in [9.17, 15) is 23.1 Å². The molecule has 0 saturated heterocycles. The van der Waals surface area contributed by atoms with Gasteiger partial charge in [0.1, 0.15) is 5.75 Å². The summed E-state index contributed by atoms with van der Waals surface area (Å²) in [6, 6.07) is 4.68. The monoisotopic (exact) mass is 304 g/mol. The van der Waals surface area contributed by atoms with Crippen molar-refractivity contribution in [2.75, 3.05) is 6.54 Å². The van der Waals surface area contributed by atoms with E-state index in [0.717, 1.165) is 25.0 Å². The minimum absolute atomic E-state index is 0.0297. The normalized spacial score (nSPS) is 16.2. The Hall–Kier alpha value is -1.96. The van der Waals surface area contributed by atoms with Gasteiger partial charge in [0.25, 0.3) is 0 Å². The highest BCUT2D eigenvalue weighted by molar-refractivity contribution is 5.74. The Bertz CT molecular complexity index is 486. The van der Waals surface area contributed by atoms with Crippen LogP contribution >= 0.6 is 0 Å². The maximum absolute atomic E-state index is 12.0. The number of carbonyl (C=O) groups is 1. The van der Waals surface area contributed by atoms with Gasteiger partial charge >= 0.3 is 12.4 Å². The van der Waals surface area contributed by atoms with Crippen molar-refractivity contribution in [1.82, 2.24) is 10.6 Å². The molecular weight excluding hydrogens is 289 g/mol. The maximum Gasteiger partial charge on any atom is 0.573 e. The Balaban J connectivity index is 1.81. The Kier molecular flexibility index (Phi) is 4.56.